The van der Waals surface area contributed by atoms with Gasteiger partial charge in [0, 0.05) is 47.3 Å². The molecule has 0 spiro atoms. The first kappa shape index (κ1) is 40.4. The Morgan fingerprint density at radius 2 is 0.500 bits per heavy atom. The van der Waals surface area contributed by atoms with Crippen molar-refractivity contribution in [3.05, 3.63) is 73.1 Å². The van der Waals surface area contributed by atoms with Crippen LogP contribution in [0.4, 0.5) is 0 Å². The van der Waals surface area contributed by atoms with E-state index in [-0.39, 0.29) is 0 Å². The van der Waals surface area contributed by atoms with E-state index in [0.29, 0.717) is 0 Å². The van der Waals surface area contributed by atoms with Crippen LogP contribution >= 0.6 is 0 Å². The van der Waals surface area contributed by atoms with Crippen LogP contribution in [0.25, 0.3) is 54.1 Å². The molecule has 0 aliphatic carbocycles. The van der Waals surface area contributed by atoms with Gasteiger partial charge >= 0.3 is 0 Å². The molecule has 0 radical (unpaired) electrons. The topological polar surface area (TPSA) is 9.86 Å². The van der Waals surface area contributed by atoms with Crippen LogP contribution in [0.5, 0.6) is 0 Å². The Balaban J connectivity index is 0.976. The smallest absolute Gasteiger partial charge is 0.0486 e. The minimum atomic E-state index is 1.12. The van der Waals surface area contributed by atoms with Crippen molar-refractivity contribution in [2.75, 3.05) is 0 Å². The fourth-order valence-electron chi connectivity index (χ4n) is 9.39. The van der Waals surface area contributed by atoms with Gasteiger partial charge < -0.3 is 9.13 Å². The SMILES string of the molecule is CCCCCCCCCCCCCCCn1ccc2c3ccc4c(ccc5c4ccc4c5ccn4CCCCCCCCCCCCCCC)c3ccc21. The lowest BCUT2D eigenvalue weighted by molar-refractivity contribution is 0.529. The zero-order valence-electron chi connectivity index (χ0n) is 34.6. The van der Waals surface area contributed by atoms with E-state index in [2.05, 4.69) is 96.0 Å². The zero-order chi connectivity index (χ0) is 37.2. The first-order valence-electron chi connectivity index (χ1n) is 23.1. The van der Waals surface area contributed by atoms with Crippen LogP contribution in [0.1, 0.15) is 181 Å². The van der Waals surface area contributed by atoms with Crippen molar-refractivity contribution < 1.29 is 0 Å². The summed E-state index contributed by atoms with van der Waals surface area (Å²) in [6.45, 7) is 6.86. The van der Waals surface area contributed by atoms with Gasteiger partial charge in [-0.2, -0.15) is 0 Å². The number of aryl methyl sites for hydroxylation is 2. The summed E-state index contributed by atoms with van der Waals surface area (Å²) in [5, 5.41) is 11.0. The second kappa shape index (κ2) is 22.3. The minimum Gasteiger partial charge on any atom is -0.347 e. The van der Waals surface area contributed by atoms with E-state index in [9.17, 15) is 0 Å². The molecule has 0 amide bonds. The minimum absolute atomic E-state index is 1.12. The van der Waals surface area contributed by atoms with Crippen LogP contribution in [0, 0.1) is 0 Å². The summed E-state index contributed by atoms with van der Waals surface area (Å²) in [7, 11) is 0. The normalized spacial score (nSPS) is 12.1. The number of hydrogen-bond acceptors (Lipinski definition) is 0. The molecule has 54 heavy (non-hydrogen) atoms. The molecule has 2 nitrogen and oxygen atoms in total. The number of aromatic nitrogens is 2. The van der Waals surface area contributed by atoms with Gasteiger partial charge in [-0.15, -0.1) is 0 Å². The monoisotopic (exact) mass is 727 g/mol. The molecule has 292 valence electrons. The van der Waals surface area contributed by atoms with Crippen LogP contribution in [0.15, 0.2) is 73.1 Å². The van der Waals surface area contributed by atoms with Gasteiger partial charge in [-0.1, -0.05) is 204 Å². The van der Waals surface area contributed by atoms with E-state index in [1.807, 2.05) is 0 Å². The molecule has 0 aliphatic heterocycles. The van der Waals surface area contributed by atoms with Gasteiger partial charge in [-0.25, -0.2) is 0 Å². The Labute approximate surface area is 329 Å². The predicted octanol–water partition coefficient (Wildman–Crippen LogP) is 17.2. The van der Waals surface area contributed by atoms with E-state index in [1.54, 1.807) is 0 Å². The number of nitrogens with zero attached hydrogens (tertiary/aromatic N) is 2. The molecule has 0 unspecified atom stereocenters. The van der Waals surface area contributed by atoms with Gasteiger partial charge in [-0.05, 0) is 69.4 Å². The molecular formula is C52H74N2. The second-order valence-electron chi connectivity index (χ2n) is 16.9. The van der Waals surface area contributed by atoms with Crippen molar-refractivity contribution in [2.45, 2.75) is 194 Å². The fraction of sp³-hybridized carbons (Fsp3) is 0.577. The molecule has 2 aromatic heterocycles. The third-order valence-corrected chi connectivity index (χ3v) is 12.7. The van der Waals surface area contributed by atoms with Crippen molar-refractivity contribution in [1.82, 2.24) is 9.13 Å². The van der Waals surface area contributed by atoms with Crippen LogP contribution < -0.4 is 0 Å². The van der Waals surface area contributed by atoms with Gasteiger partial charge in [0.15, 0.2) is 0 Å². The molecule has 2 heterocycles. The molecule has 0 aliphatic rings. The average Bonchev–Trinajstić information content (AvgIpc) is 3.82. The number of hydrogen-bond donors (Lipinski definition) is 0. The molecule has 0 saturated heterocycles. The Morgan fingerprint density at radius 3 is 0.796 bits per heavy atom. The van der Waals surface area contributed by atoms with Gasteiger partial charge in [0.05, 0.1) is 0 Å². The summed E-state index contributed by atoms with van der Waals surface area (Å²) in [4.78, 5) is 0. The highest BCUT2D eigenvalue weighted by atomic mass is 15.0. The summed E-state index contributed by atoms with van der Waals surface area (Å²) in [6.07, 6.45) is 41.2. The lowest BCUT2D eigenvalue weighted by Crippen LogP contribution is -1.96. The Kier molecular flexibility index (Phi) is 16.7. The quantitative estimate of drug-likeness (QED) is 0.0352. The van der Waals surface area contributed by atoms with E-state index in [0.717, 1.165) is 13.1 Å². The predicted molar refractivity (Wildman–Crippen MR) is 241 cm³/mol. The summed E-state index contributed by atoms with van der Waals surface area (Å²) in [5.74, 6) is 0. The van der Waals surface area contributed by atoms with Crippen molar-refractivity contribution in [3.63, 3.8) is 0 Å². The van der Waals surface area contributed by atoms with Gasteiger partial charge in [0.25, 0.3) is 0 Å². The lowest BCUT2D eigenvalue weighted by Gasteiger charge is -2.11. The molecule has 0 N–H and O–H groups in total. The maximum absolute atomic E-state index is 2.50. The third kappa shape index (κ3) is 10.9. The molecule has 0 fully saturated rings. The molecule has 0 bridgehead atoms. The average molecular weight is 727 g/mol. The van der Waals surface area contributed by atoms with E-state index < -0.39 is 0 Å². The zero-order valence-corrected chi connectivity index (χ0v) is 34.6. The van der Waals surface area contributed by atoms with Gasteiger partial charge in [0.1, 0.15) is 0 Å². The summed E-state index contributed by atoms with van der Waals surface area (Å²) in [5.41, 5.74) is 2.77. The van der Waals surface area contributed by atoms with E-state index >= 15 is 0 Å². The van der Waals surface area contributed by atoms with Crippen LogP contribution in [-0.2, 0) is 13.1 Å². The van der Waals surface area contributed by atoms with Crippen molar-refractivity contribution in [1.29, 1.82) is 0 Å². The highest BCUT2D eigenvalue weighted by molar-refractivity contribution is 6.24. The molecule has 2 heteroatoms. The standard InChI is InChI=1S/C52H74N2/c1-3-5-7-9-11-13-15-17-19-21-23-25-27-39-53-41-37-49-47-31-29-44-43(45(47)33-35-51(49)53)30-32-48-46(44)34-36-52-50(48)38-42-54(52)40-28-26-24-22-20-18-16-14-12-10-8-6-4-2/h29-38,41-42H,3-28,39-40H2,1-2H3. The summed E-state index contributed by atoms with van der Waals surface area (Å²) < 4.78 is 4.99. The van der Waals surface area contributed by atoms with Crippen LogP contribution in [0.3, 0.4) is 0 Å². The Hall–Kier alpha value is -3.26. The Morgan fingerprint density at radius 1 is 0.259 bits per heavy atom. The second-order valence-corrected chi connectivity index (χ2v) is 16.9. The van der Waals surface area contributed by atoms with Crippen LogP contribution in [0.2, 0.25) is 0 Å². The molecule has 4 aromatic carbocycles. The summed E-state index contributed by atoms with van der Waals surface area (Å²) in [6, 6.07) is 23.8. The van der Waals surface area contributed by atoms with Crippen molar-refractivity contribution in [2.24, 2.45) is 0 Å². The first-order chi connectivity index (χ1) is 26.8. The number of unbranched alkanes of at least 4 members (excludes halogenated alkanes) is 24. The number of rotatable bonds is 28. The maximum atomic E-state index is 2.50. The number of fused-ring (bicyclic) bond motifs is 9. The molecule has 0 atom stereocenters. The molecule has 0 saturated carbocycles. The third-order valence-electron chi connectivity index (χ3n) is 12.7. The number of benzene rings is 4. The van der Waals surface area contributed by atoms with Crippen LogP contribution in [-0.4, -0.2) is 9.13 Å². The highest BCUT2D eigenvalue weighted by Gasteiger charge is 2.12. The van der Waals surface area contributed by atoms with E-state index in [4.69, 9.17) is 0 Å². The van der Waals surface area contributed by atoms with Crippen molar-refractivity contribution in [3.8, 4) is 0 Å². The molecule has 6 aromatic rings. The van der Waals surface area contributed by atoms with E-state index in [1.165, 1.54) is 221 Å². The molecule has 6 rings (SSSR count). The summed E-state index contributed by atoms with van der Waals surface area (Å²) >= 11 is 0. The lowest BCUT2D eigenvalue weighted by atomic mass is 9.94. The van der Waals surface area contributed by atoms with Crippen molar-refractivity contribution >= 4 is 54.1 Å². The highest BCUT2D eigenvalue weighted by Crippen LogP contribution is 2.37. The first-order valence-corrected chi connectivity index (χ1v) is 23.1. The van der Waals surface area contributed by atoms with Gasteiger partial charge in [0.2, 0.25) is 0 Å². The maximum Gasteiger partial charge on any atom is 0.0486 e. The largest absolute Gasteiger partial charge is 0.347 e. The fourth-order valence-corrected chi connectivity index (χ4v) is 9.39. The van der Waals surface area contributed by atoms with Gasteiger partial charge in [-0.3, -0.25) is 0 Å². The Bertz CT molecular complexity index is 1830. The molecular weight excluding hydrogens is 653 g/mol.